The van der Waals surface area contributed by atoms with Crippen LogP contribution in [0.15, 0.2) is 34.9 Å². The molecule has 2 aliphatic rings. The highest BCUT2D eigenvalue weighted by molar-refractivity contribution is 5.91. The number of anilines is 1. The molecule has 2 fully saturated rings. The summed E-state index contributed by atoms with van der Waals surface area (Å²) in [6.45, 7) is 2.18. The van der Waals surface area contributed by atoms with E-state index in [1.54, 1.807) is 6.07 Å². The number of primary amides is 1. The molecule has 34 heavy (non-hydrogen) atoms. The van der Waals surface area contributed by atoms with Crippen molar-refractivity contribution >= 4 is 28.7 Å². The van der Waals surface area contributed by atoms with Gasteiger partial charge in [0.05, 0.1) is 12.1 Å². The number of benzene rings is 1. The van der Waals surface area contributed by atoms with Gasteiger partial charge >= 0.3 is 6.09 Å². The van der Waals surface area contributed by atoms with E-state index in [0.717, 1.165) is 43.6 Å². The maximum absolute atomic E-state index is 14.7. The third-order valence-corrected chi connectivity index (χ3v) is 6.89. The minimum Gasteiger partial charge on any atom is -0.449 e. The molecule has 1 aliphatic heterocycles. The van der Waals surface area contributed by atoms with Crippen molar-refractivity contribution in [2.24, 2.45) is 17.1 Å². The predicted molar refractivity (Wildman–Crippen MR) is 122 cm³/mol. The van der Waals surface area contributed by atoms with Crippen molar-refractivity contribution < 1.29 is 23.2 Å². The molecule has 178 valence electrons. The summed E-state index contributed by atoms with van der Waals surface area (Å²) in [5.41, 5.74) is 6.56. The van der Waals surface area contributed by atoms with Gasteiger partial charge in [-0.1, -0.05) is 5.16 Å². The van der Waals surface area contributed by atoms with E-state index in [0.29, 0.717) is 29.4 Å². The van der Waals surface area contributed by atoms with Gasteiger partial charge < -0.3 is 25.2 Å². The van der Waals surface area contributed by atoms with Gasteiger partial charge in [0.25, 0.3) is 5.91 Å². The van der Waals surface area contributed by atoms with Gasteiger partial charge in [0.2, 0.25) is 0 Å². The van der Waals surface area contributed by atoms with E-state index in [9.17, 15) is 14.0 Å². The Hall–Kier alpha value is -3.69. The number of pyridine rings is 1. The zero-order valence-corrected chi connectivity index (χ0v) is 18.8. The van der Waals surface area contributed by atoms with Crippen LogP contribution in [-0.4, -0.2) is 48.9 Å². The van der Waals surface area contributed by atoms with Gasteiger partial charge in [-0.05, 0) is 60.4 Å². The Kier molecular flexibility index (Phi) is 5.59. The molecule has 0 unspecified atom stereocenters. The summed E-state index contributed by atoms with van der Waals surface area (Å²) in [5.74, 6) is 0.901. The molecule has 0 bridgehead atoms. The van der Waals surface area contributed by atoms with Crippen LogP contribution >= 0.6 is 0 Å². The Labute approximate surface area is 195 Å². The van der Waals surface area contributed by atoms with Gasteiger partial charge in [0.15, 0.2) is 5.69 Å². The van der Waals surface area contributed by atoms with E-state index in [-0.39, 0.29) is 29.3 Å². The maximum atomic E-state index is 14.7. The normalized spacial score (nSPS) is 21.6. The Morgan fingerprint density at radius 3 is 2.91 bits per heavy atom. The lowest BCUT2D eigenvalue weighted by Crippen LogP contribution is -2.42. The maximum Gasteiger partial charge on any atom is 0.404 e. The number of halogens is 1. The van der Waals surface area contributed by atoms with Crippen molar-refractivity contribution in [1.82, 2.24) is 15.5 Å². The van der Waals surface area contributed by atoms with Crippen molar-refractivity contribution in [3.05, 3.63) is 53.2 Å². The number of aromatic nitrogens is 2. The fourth-order valence-electron chi connectivity index (χ4n) is 5.25. The average molecular weight is 468 g/mol. The van der Waals surface area contributed by atoms with Crippen molar-refractivity contribution in [2.45, 2.75) is 25.7 Å². The molecule has 2 aromatic heterocycles. The second-order valence-electron chi connectivity index (χ2n) is 9.32. The Balaban J connectivity index is 1.30. The van der Waals surface area contributed by atoms with E-state index < -0.39 is 6.09 Å². The van der Waals surface area contributed by atoms with Crippen LogP contribution in [0, 0.1) is 17.2 Å². The van der Waals surface area contributed by atoms with Crippen LogP contribution in [0.1, 0.15) is 41.1 Å². The van der Waals surface area contributed by atoms with Crippen molar-refractivity contribution in [2.75, 3.05) is 31.6 Å². The van der Waals surface area contributed by atoms with Crippen molar-refractivity contribution in [1.29, 1.82) is 0 Å². The number of amides is 2. The number of nitrogens with one attached hydrogen (secondary N) is 1. The molecule has 0 atom stereocenters. The Morgan fingerprint density at radius 1 is 1.32 bits per heavy atom. The fourth-order valence-corrected chi connectivity index (χ4v) is 5.25. The van der Waals surface area contributed by atoms with Crippen LogP contribution in [0.2, 0.25) is 0 Å². The molecule has 1 saturated carbocycles. The number of nitrogens with zero attached hydrogens (tertiary/aromatic N) is 3. The van der Waals surface area contributed by atoms with Gasteiger partial charge in [-0.15, -0.1) is 0 Å². The number of rotatable bonds is 6. The van der Waals surface area contributed by atoms with E-state index in [1.165, 1.54) is 19.2 Å². The summed E-state index contributed by atoms with van der Waals surface area (Å²) in [6.07, 6.45) is 2.52. The minimum atomic E-state index is -0.722. The minimum absolute atomic E-state index is 0.154. The summed E-state index contributed by atoms with van der Waals surface area (Å²) in [5, 5.41) is 6.93. The third kappa shape index (κ3) is 4.27. The number of nitrogens with two attached hydrogens (primary N) is 1. The van der Waals surface area contributed by atoms with Crippen LogP contribution in [0.4, 0.5) is 15.0 Å². The summed E-state index contributed by atoms with van der Waals surface area (Å²) in [7, 11) is 1.51. The number of carbonyl (C=O) groups excluding carboxylic acids is 2. The summed E-state index contributed by atoms with van der Waals surface area (Å²) in [4.78, 5) is 29.6. The van der Waals surface area contributed by atoms with Gasteiger partial charge in [0, 0.05) is 38.0 Å². The molecule has 2 amide bonds. The van der Waals surface area contributed by atoms with Crippen LogP contribution in [0.25, 0.3) is 10.9 Å². The molecule has 3 heterocycles. The van der Waals surface area contributed by atoms with Crippen LogP contribution in [-0.2, 0) is 11.2 Å². The number of carbonyl (C=O) groups is 2. The fraction of sp³-hybridized carbons (Fsp3) is 0.417. The molecule has 1 saturated heterocycles. The first-order valence-electron chi connectivity index (χ1n) is 11.3. The molecule has 1 aromatic carbocycles. The van der Waals surface area contributed by atoms with Crippen LogP contribution in [0.3, 0.4) is 0 Å². The van der Waals surface area contributed by atoms with Crippen LogP contribution < -0.4 is 16.0 Å². The smallest absolute Gasteiger partial charge is 0.404 e. The molecule has 10 heteroatoms. The summed E-state index contributed by atoms with van der Waals surface area (Å²) >= 11 is 0. The number of hydrogen-bond donors (Lipinski definition) is 2. The predicted octanol–water partition coefficient (Wildman–Crippen LogP) is 3.01. The summed E-state index contributed by atoms with van der Waals surface area (Å²) in [6, 6.07) is 8.52. The van der Waals surface area contributed by atoms with Gasteiger partial charge in [0.1, 0.15) is 17.4 Å². The van der Waals surface area contributed by atoms with Crippen LogP contribution in [0.5, 0.6) is 0 Å². The summed E-state index contributed by atoms with van der Waals surface area (Å²) < 4.78 is 24.9. The highest BCUT2D eigenvalue weighted by atomic mass is 19.1. The first kappa shape index (κ1) is 22.1. The molecule has 1 aliphatic carbocycles. The standard InChI is InChI=1S/C24H26FN5O4/c1-27-22(31)20-9-17(34-29-20)6-16-8-19-15(7-18(16)25)2-3-21(28-19)30-5-4-24(13-30)10-14(11-24)12-33-23(26)32/h2-3,7-9,14H,4-6,10-13H2,1H3,(H2,26,32)(H,27,31). The average Bonchev–Trinajstić information content (AvgIpc) is 3.44. The highest BCUT2D eigenvalue weighted by Gasteiger charge is 2.48. The number of hydrogen-bond acceptors (Lipinski definition) is 7. The van der Waals surface area contributed by atoms with Crippen molar-refractivity contribution in [3.63, 3.8) is 0 Å². The lowest BCUT2D eigenvalue weighted by atomic mass is 9.62. The lowest BCUT2D eigenvalue weighted by Gasteiger charge is -2.44. The second-order valence-corrected chi connectivity index (χ2v) is 9.32. The van der Waals surface area contributed by atoms with E-state index in [1.807, 2.05) is 12.1 Å². The largest absolute Gasteiger partial charge is 0.449 e. The first-order valence-corrected chi connectivity index (χ1v) is 11.3. The van der Waals surface area contributed by atoms with Gasteiger partial charge in [-0.25, -0.2) is 14.2 Å². The topological polar surface area (TPSA) is 124 Å². The highest BCUT2D eigenvalue weighted by Crippen LogP contribution is 2.52. The molecular formula is C24H26FN5O4. The zero-order chi connectivity index (χ0) is 23.9. The third-order valence-electron chi connectivity index (χ3n) is 6.89. The van der Waals surface area contributed by atoms with Crippen molar-refractivity contribution in [3.8, 4) is 0 Å². The lowest BCUT2D eigenvalue weighted by molar-refractivity contribution is 0.0256. The Morgan fingerprint density at radius 2 is 2.15 bits per heavy atom. The van der Waals surface area contributed by atoms with E-state index in [2.05, 4.69) is 15.4 Å². The van der Waals surface area contributed by atoms with E-state index >= 15 is 0 Å². The van der Waals surface area contributed by atoms with Gasteiger partial charge in [-0.3, -0.25) is 4.79 Å². The van der Waals surface area contributed by atoms with E-state index in [4.69, 9.17) is 20.0 Å². The molecule has 1 spiro atoms. The molecular weight excluding hydrogens is 441 g/mol. The SMILES string of the molecule is CNC(=O)c1cc(Cc2cc3nc(N4CCC5(CC(COC(N)=O)C5)C4)ccc3cc2F)on1. The number of fused-ring (bicyclic) bond motifs is 1. The molecule has 9 nitrogen and oxygen atoms in total. The monoisotopic (exact) mass is 467 g/mol. The first-order chi connectivity index (χ1) is 16.3. The molecule has 0 radical (unpaired) electrons. The molecule has 3 aromatic rings. The second kappa shape index (κ2) is 8.58. The molecule has 3 N–H and O–H groups in total. The number of ether oxygens (including phenoxy) is 1. The Bertz CT molecular complexity index is 1250. The quantitative estimate of drug-likeness (QED) is 0.571. The molecule has 5 rings (SSSR count). The van der Waals surface area contributed by atoms with Gasteiger partial charge in [-0.2, -0.15) is 0 Å². The zero-order valence-electron chi connectivity index (χ0n) is 18.8.